The average molecular weight is 237 g/mol. The topological polar surface area (TPSA) is 40.5 Å². The highest BCUT2D eigenvalue weighted by molar-refractivity contribution is 5.71. The summed E-state index contributed by atoms with van der Waals surface area (Å²) < 4.78 is 13.8. The van der Waals surface area contributed by atoms with Crippen molar-refractivity contribution in [1.29, 1.82) is 0 Å². The van der Waals surface area contributed by atoms with Crippen molar-refractivity contribution in [2.45, 2.75) is 18.9 Å². The van der Waals surface area contributed by atoms with Crippen LogP contribution < -0.4 is 0 Å². The molecule has 17 heavy (non-hydrogen) atoms. The number of carboxylic acid groups (broad SMARTS) is 1. The molecule has 1 fully saturated rings. The van der Waals surface area contributed by atoms with E-state index in [0.717, 1.165) is 13.0 Å². The van der Waals surface area contributed by atoms with Crippen LogP contribution in [0.4, 0.5) is 4.39 Å². The van der Waals surface area contributed by atoms with Crippen LogP contribution in [0.25, 0.3) is 0 Å². The molecule has 92 valence electrons. The van der Waals surface area contributed by atoms with Gasteiger partial charge in [0.05, 0.1) is 12.0 Å². The molecule has 0 amide bonds. The Morgan fingerprint density at radius 2 is 2.18 bits per heavy atom. The van der Waals surface area contributed by atoms with Crippen molar-refractivity contribution in [3.63, 3.8) is 0 Å². The number of likely N-dealkylation sites (tertiary alicyclic amines) is 1. The van der Waals surface area contributed by atoms with Crippen LogP contribution in [0.1, 0.15) is 24.4 Å². The first-order chi connectivity index (χ1) is 8.11. The van der Waals surface area contributed by atoms with Crippen molar-refractivity contribution in [2.75, 3.05) is 13.6 Å². The minimum Gasteiger partial charge on any atom is -0.481 e. The predicted octanol–water partition coefficient (Wildman–Crippen LogP) is 2.29. The zero-order chi connectivity index (χ0) is 12.4. The van der Waals surface area contributed by atoms with E-state index in [2.05, 4.69) is 0 Å². The third-order valence-corrected chi connectivity index (χ3v) is 3.42. The molecular weight excluding hydrogens is 221 g/mol. The maximum absolute atomic E-state index is 13.8. The van der Waals surface area contributed by atoms with Crippen molar-refractivity contribution >= 4 is 5.97 Å². The summed E-state index contributed by atoms with van der Waals surface area (Å²) in [5.74, 6) is -1.69. The molecule has 1 aromatic carbocycles. The van der Waals surface area contributed by atoms with Gasteiger partial charge in [-0.25, -0.2) is 4.39 Å². The molecule has 1 aliphatic rings. The lowest BCUT2D eigenvalue weighted by molar-refractivity contribution is -0.146. The van der Waals surface area contributed by atoms with Crippen LogP contribution in [0.15, 0.2) is 24.3 Å². The Balaban J connectivity index is 2.38. The maximum Gasteiger partial charge on any atom is 0.308 e. The summed E-state index contributed by atoms with van der Waals surface area (Å²) >= 11 is 0. The van der Waals surface area contributed by atoms with Gasteiger partial charge in [-0.05, 0) is 32.5 Å². The van der Waals surface area contributed by atoms with Crippen LogP contribution >= 0.6 is 0 Å². The summed E-state index contributed by atoms with van der Waals surface area (Å²) in [5, 5.41) is 9.23. The fourth-order valence-electron chi connectivity index (χ4n) is 2.59. The van der Waals surface area contributed by atoms with Gasteiger partial charge < -0.3 is 5.11 Å². The van der Waals surface area contributed by atoms with Gasteiger partial charge in [0, 0.05) is 5.56 Å². The quantitative estimate of drug-likeness (QED) is 0.858. The number of hydrogen-bond acceptors (Lipinski definition) is 2. The number of aliphatic carboxylic acids is 1. The SMILES string of the molecule is CN1CCC[C@H](C(=O)O)[C@H]1c1ccccc1F. The van der Waals surface area contributed by atoms with E-state index in [1.54, 1.807) is 18.2 Å². The molecular formula is C13H16FNO2. The Hall–Kier alpha value is -1.42. The Labute approximate surface area is 99.9 Å². The molecule has 0 radical (unpaired) electrons. The van der Waals surface area contributed by atoms with Gasteiger partial charge in [-0.15, -0.1) is 0 Å². The van der Waals surface area contributed by atoms with E-state index < -0.39 is 11.9 Å². The number of hydrogen-bond donors (Lipinski definition) is 1. The Bertz CT molecular complexity index is 422. The monoisotopic (exact) mass is 237 g/mol. The minimum atomic E-state index is -0.843. The Morgan fingerprint density at radius 3 is 2.82 bits per heavy atom. The second-order valence-electron chi connectivity index (χ2n) is 4.53. The first-order valence-corrected chi connectivity index (χ1v) is 5.78. The largest absolute Gasteiger partial charge is 0.481 e. The van der Waals surface area contributed by atoms with Gasteiger partial charge >= 0.3 is 5.97 Å². The Morgan fingerprint density at radius 1 is 1.47 bits per heavy atom. The molecule has 2 rings (SSSR count). The molecule has 0 unspecified atom stereocenters. The highest BCUT2D eigenvalue weighted by Crippen LogP contribution is 2.36. The lowest BCUT2D eigenvalue weighted by Crippen LogP contribution is -2.40. The van der Waals surface area contributed by atoms with E-state index in [1.807, 2.05) is 11.9 Å². The first-order valence-electron chi connectivity index (χ1n) is 5.78. The summed E-state index contributed by atoms with van der Waals surface area (Å²) in [5.41, 5.74) is 0.488. The smallest absolute Gasteiger partial charge is 0.308 e. The van der Waals surface area contributed by atoms with Crippen LogP contribution in [0.2, 0.25) is 0 Å². The first kappa shape index (κ1) is 12.0. The number of rotatable bonds is 2. The number of nitrogens with zero attached hydrogens (tertiary/aromatic N) is 1. The molecule has 4 heteroatoms. The molecule has 1 N–H and O–H groups in total. The molecule has 0 saturated carbocycles. The highest BCUT2D eigenvalue weighted by Gasteiger charge is 2.36. The number of carboxylic acids is 1. The molecule has 0 aromatic heterocycles. The van der Waals surface area contributed by atoms with E-state index in [-0.39, 0.29) is 11.9 Å². The fraction of sp³-hybridized carbons (Fsp3) is 0.462. The lowest BCUT2D eigenvalue weighted by Gasteiger charge is -2.37. The zero-order valence-electron chi connectivity index (χ0n) is 9.77. The van der Waals surface area contributed by atoms with Crippen molar-refractivity contribution in [2.24, 2.45) is 5.92 Å². The summed E-state index contributed by atoms with van der Waals surface area (Å²) in [6.45, 7) is 0.808. The molecule has 0 bridgehead atoms. The fourth-order valence-corrected chi connectivity index (χ4v) is 2.59. The molecule has 1 aliphatic heterocycles. The standard InChI is InChI=1S/C13H16FNO2/c1-15-8-4-6-10(13(16)17)12(15)9-5-2-3-7-11(9)14/h2-3,5,7,10,12H,4,6,8H2,1H3,(H,16,17)/t10-,12+/m0/s1. The molecule has 1 aromatic rings. The average Bonchev–Trinajstić information content (AvgIpc) is 2.30. The third kappa shape index (κ3) is 2.31. The van der Waals surface area contributed by atoms with Crippen molar-refractivity contribution in [1.82, 2.24) is 4.90 Å². The third-order valence-electron chi connectivity index (χ3n) is 3.42. The Kier molecular flexibility index (Phi) is 3.43. The molecule has 2 atom stereocenters. The summed E-state index contributed by atoms with van der Waals surface area (Å²) in [4.78, 5) is 13.2. The molecule has 1 saturated heterocycles. The molecule has 3 nitrogen and oxygen atoms in total. The van der Waals surface area contributed by atoms with Gasteiger partial charge in [0.2, 0.25) is 0 Å². The number of halogens is 1. The van der Waals surface area contributed by atoms with E-state index in [1.165, 1.54) is 6.07 Å². The summed E-state index contributed by atoms with van der Waals surface area (Å²) in [6.07, 6.45) is 1.46. The summed E-state index contributed by atoms with van der Waals surface area (Å²) in [7, 11) is 1.85. The van der Waals surface area contributed by atoms with Crippen LogP contribution in [-0.2, 0) is 4.79 Å². The highest BCUT2D eigenvalue weighted by atomic mass is 19.1. The van der Waals surface area contributed by atoms with Crippen molar-refractivity contribution < 1.29 is 14.3 Å². The minimum absolute atomic E-state index is 0.322. The van der Waals surface area contributed by atoms with Gasteiger partial charge in [0.25, 0.3) is 0 Å². The van der Waals surface area contributed by atoms with E-state index >= 15 is 0 Å². The summed E-state index contributed by atoms with van der Waals surface area (Å²) in [6, 6.07) is 6.08. The normalized spacial score (nSPS) is 25.8. The van der Waals surface area contributed by atoms with Crippen molar-refractivity contribution in [3.05, 3.63) is 35.6 Å². The maximum atomic E-state index is 13.8. The second-order valence-corrected chi connectivity index (χ2v) is 4.53. The molecule has 0 aliphatic carbocycles. The second kappa shape index (κ2) is 4.84. The van der Waals surface area contributed by atoms with Gasteiger partial charge in [-0.2, -0.15) is 0 Å². The number of carbonyl (C=O) groups is 1. The van der Waals surface area contributed by atoms with Gasteiger partial charge in [-0.3, -0.25) is 9.69 Å². The van der Waals surface area contributed by atoms with Crippen LogP contribution in [0.3, 0.4) is 0 Å². The van der Waals surface area contributed by atoms with E-state index in [9.17, 15) is 14.3 Å². The van der Waals surface area contributed by atoms with E-state index in [4.69, 9.17) is 0 Å². The molecule has 0 spiro atoms. The van der Waals surface area contributed by atoms with Gasteiger partial charge in [-0.1, -0.05) is 18.2 Å². The lowest BCUT2D eigenvalue weighted by atomic mass is 9.85. The van der Waals surface area contributed by atoms with Crippen molar-refractivity contribution in [3.8, 4) is 0 Å². The van der Waals surface area contributed by atoms with Crippen LogP contribution in [-0.4, -0.2) is 29.6 Å². The zero-order valence-corrected chi connectivity index (χ0v) is 9.77. The van der Waals surface area contributed by atoms with Gasteiger partial charge in [0.15, 0.2) is 0 Å². The number of benzene rings is 1. The van der Waals surface area contributed by atoms with Crippen LogP contribution in [0, 0.1) is 11.7 Å². The van der Waals surface area contributed by atoms with E-state index in [0.29, 0.717) is 12.0 Å². The predicted molar refractivity (Wildman–Crippen MR) is 62.1 cm³/mol. The van der Waals surface area contributed by atoms with Gasteiger partial charge in [0.1, 0.15) is 5.82 Å². The van der Waals surface area contributed by atoms with Crippen LogP contribution in [0.5, 0.6) is 0 Å². The number of piperidine rings is 1. The molecule has 1 heterocycles.